The zero-order valence-corrected chi connectivity index (χ0v) is 28.2. The van der Waals surface area contributed by atoms with Gasteiger partial charge in [0.15, 0.2) is 0 Å². The van der Waals surface area contributed by atoms with E-state index >= 15 is 0 Å². The number of piperidine rings is 1. The summed E-state index contributed by atoms with van der Waals surface area (Å²) in [4.78, 5) is 15.8. The molecular weight excluding hydrogens is 570 g/mol. The number of hydrogen-bond donors (Lipinski definition) is 2. The Labute approximate surface area is 265 Å². The Morgan fingerprint density at radius 3 is 2.55 bits per heavy atom. The molecule has 4 aliphatic carbocycles. The first-order valence-corrected chi connectivity index (χ1v) is 19.3. The van der Waals surface area contributed by atoms with Crippen molar-refractivity contribution in [3.05, 3.63) is 41.5 Å². The third-order valence-corrected chi connectivity index (χ3v) is 14.1. The summed E-state index contributed by atoms with van der Waals surface area (Å²) in [5.41, 5.74) is 4.40. The highest BCUT2D eigenvalue weighted by Crippen LogP contribution is 2.64. The second-order valence-corrected chi connectivity index (χ2v) is 17.8. The van der Waals surface area contributed by atoms with E-state index < -0.39 is 10.0 Å². The minimum atomic E-state index is -3.17. The first-order chi connectivity index (χ1) is 20.9. The molecule has 0 radical (unpaired) electrons. The Hall–Kier alpha value is -1.90. The van der Waals surface area contributed by atoms with E-state index in [0.29, 0.717) is 29.6 Å². The van der Waals surface area contributed by atoms with Crippen LogP contribution in [0.5, 0.6) is 0 Å². The molecule has 2 heterocycles. The summed E-state index contributed by atoms with van der Waals surface area (Å²) in [6, 6.07) is 10.0. The van der Waals surface area contributed by atoms with Crippen molar-refractivity contribution < 1.29 is 17.9 Å². The van der Waals surface area contributed by atoms with Crippen LogP contribution in [-0.4, -0.2) is 55.9 Å². The standard InChI is InChI=1S/C36H53N3O4S/c1-22-17-32-33(39(21-22)34(40)37-26-9-7-6-8-10-26)24(3)36(43-32)16-14-28-29-12-11-25-18-27(38-44(5,41)42)13-15-35(25,4)31(29)19-30(28)23(2)20-36/h6-10,22-25,27,29,31-33,38H,11-21H2,1-5H3,(H,37,40)/t22-,23-,24+,25+,27+,29-,31-,32+,33-,35-,36-/m0/s1. The molecule has 2 saturated carbocycles. The SMILES string of the molecule is C[C@H]1C[C@H]2O[C@]3(CCC4=C(C[C@H]5[C@H]4CC[C@@H]4C[C@H](NS(C)(=O)=O)CC[C@@]45C)[C@@H](C)C3)[C@H](C)[C@@H]2N(C(=O)Nc2ccccc2)C1. The molecule has 1 spiro atoms. The number of rotatable bonds is 3. The molecule has 8 heteroatoms. The van der Waals surface area contributed by atoms with Gasteiger partial charge in [0.05, 0.1) is 24.0 Å². The quantitative estimate of drug-likeness (QED) is 0.356. The van der Waals surface area contributed by atoms with Gasteiger partial charge in [-0.2, -0.15) is 0 Å². The summed E-state index contributed by atoms with van der Waals surface area (Å²) in [5.74, 6) is 3.12. The van der Waals surface area contributed by atoms with Crippen molar-refractivity contribution in [2.45, 2.75) is 116 Å². The van der Waals surface area contributed by atoms with E-state index in [1.54, 1.807) is 11.1 Å². The number of likely N-dealkylation sites (tertiary alicyclic amines) is 1. The maximum absolute atomic E-state index is 13.7. The predicted molar refractivity (Wildman–Crippen MR) is 175 cm³/mol. The Morgan fingerprint density at radius 1 is 1.02 bits per heavy atom. The molecule has 2 saturated heterocycles. The molecule has 2 aliphatic heterocycles. The van der Waals surface area contributed by atoms with Crippen molar-refractivity contribution in [3.8, 4) is 0 Å². The van der Waals surface area contributed by atoms with Crippen molar-refractivity contribution in [2.24, 2.45) is 40.9 Å². The van der Waals surface area contributed by atoms with Crippen LogP contribution in [0.15, 0.2) is 41.5 Å². The normalized spacial score (nSPS) is 43.6. The van der Waals surface area contributed by atoms with Gasteiger partial charge in [-0.15, -0.1) is 0 Å². The number of anilines is 1. The van der Waals surface area contributed by atoms with E-state index in [1.807, 2.05) is 30.3 Å². The third-order valence-electron chi connectivity index (χ3n) is 13.3. The maximum Gasteiger partial charge on any atom is 0.322 e. The van der Waals surface area contributed by atoms with Crippen LogP contribution >= 0.6 is 0 Å². The van der Waals surface area contributed by atoms with Gasteiger partial charge >= 0.3 is 6.03 Å². The zero-order chi connectivity index (χ0) is 31.0. The first-order valence-electron chi connectivity index (χ1n) is 17.4. The van der Waals surface area contributed by atoms with Gasteiger partial charge in [0.25, 0.3) is 0 Å². The summed E-state index contributed by atoms with van der Waals surface area (Å²) in [6.07, 6.45) is 12.3. The lowest BCUT2D eigenvalue weighted by Gasteiger charge is -2.54. The number of ether oxygens (including phenoxy) is 1. The van der Waals surface area contributed by atoms with Crippen LogP contribution in [0.4, 0.5) is 10.5 Å². The number of amides is 2. The number of allylic oxidation sites excluding steroid dienone is 2. The molecule has 1 aromatic carbocycles. The number of fused-ring (bicyclic) bond motifs is 5. The molecule has 0 aromatic heterocycles. The van der Waals surface area contributed by atoms with Crippen LogP contribution in [0, 0.1) is 40.9 Å². The smallest absolute Gasteiger partial charge is 0.322 e. The lowest BCUT2D eigenvalue weighted by molar-refractivity contribution is -0.0846. The van der Waals surface area contributed by atoms with Crippen molar-refractivity contribution in [1.29, 1.82) is 0 Å². The van der Waals surface area contributed by atoms with E-state index in [-0.39, 0.29) is 41.2 Å². The van der Waals surface area contributed by atoms with Crippen molar-refractivity contribution in [1.82, 2.24) is 9.62 Å². The molecule has 2 amide bonds. The van der Waals surface area contributed by atoms with E-state index in [0.717, 1.165) is 57.2 Å². The number of sulfonamides is 1. The third kappa shape index (κ3) is 5.25. The number of hydrogen-bond acceptors (Lipinski definition) is 4. The summed E-state index contributed by atoms with van der Waals surface area (Å²) in [6.45, 7) is 10.4. The van der Waals surface area contributed by atoms with E-state index in [9.17, 15) is 13.2 Å². The monoisotopic (exact) mass is 623 g/mol. The van der Waals surface area contributed by atoms with Crippen LogP contribution in [-0.2, 0) is 14.8 Å². The fourth-order valence-electron chi connectivity index (χ4n) is 11.3. The summed E-state index contributed by atoms with van der Waals surface area (Å²) >= 11 is 0. The fraction of sp³-hybridized carbons (Fsp3) is 0.750. The number of nitrogens with zero attached hydrogens (tertiary/aromatic N) is 1. The summed E-state index contributed by atoms with van der Waals surface area (Å²) in [5, 5.41) is 3.17. The van der Waals surface area contributed by atoms with Crippen molar-refractivity contribution in [2.75, 3.05) is 18.1 Å². The van der Waals surface area contributed by atoms with Gasteiger partial charge in [-0.25, -0.2) is 17.9 Å². The molecule has 44 heavy (non-hydrogen) atoms. The second-order valence-electron chi connectivity index (χ2n) is 16.0. The molecule has 4 fully saturated rings. The molecule has 6 aliphatic rings. The molecule has 7 nitrogen and oxygen atoms in total. The van der Waals surface area contributed by atoms with E-state index in [4.69, 9.17) is 4.74 Å². The highest BCUT2D eigenvalue weighted by atomic mass is 32.2. The molecule has 0 unspecified atom stereocenters. The predicted octanol–water partition coefficient (Wildman–Crippen LogP) is 6.97. The highest BCUT2D eigenvalue weighted by molar-refractivity contribution is 7.88. The average Bonchev–Trinajstić information content (AvgIpc) is 3.42. The largest absolute Gasteiger partial charge is 0.369 e. The number of benzene rings is 1. The Morgan fingerprint density at radius 2 is 1.80 bits per heavy atom. The topological polar surface area (TPSA) is 87.7 Å². The molecule has 2 N–H and O–H groups in total. The average molecular weight is 624 g/mol. The number of nitrogens with one attached hydrogen (secondary N) is 2. The van der Waals surface area contributed by atoms with Crippen LogP contribution in [0.3, 0.4) is 0 Å². The van der Waals surface area contributed by atoms with Crippen LogP contribution in [0.2, 0.25) is 0 Å². The second kappa shape index (κ2) is 11.1. The highest BCUT2D eigenvalue weighted by Gasteiger charge is 2.60. The lowest BCUT2D eigenvalue weighted by atomic mass is 9.51. The van der Waals surface area contributed by atoms with Gasteiger partial charge in [-0.3, -0.25) is 0 Å². The van der Waals surface area contributed by atoms with Gasteiger partial charge in [-0.1, -0.05) is 57.0 Å². The number of carbonyl (C=O) groups excluding carboxylic acids is 1. The lowest BCUT2D eigenvalue weighted by Crippen LogP contribution is -2.55. The minimum absolute atomic E-state index is 0.00171. The van der Waals surface area contributed by atoms with E-state index in [1.165, 1.54) is 25.5 Å². The summed E-state index contributed by atoms with van der Waals surface area (Å²) in [7, 11) is -3.17. The molecule has 242 valence electrons. The van der Waals surface area contributed by atoms with Crippen LogP contribution in [0.25, 0.3) is 0 Å². The maximum atomic E-state index is 13.7. The van der Waals surface area contributed by atoms with Gasteiger partial charge in [0.2, 0.25) is 10.0 Å². The van der Waals surface area contributed by atoms with Crippen LogP contribution < -0.4 is 10.0 Å². The molecule has 0 bridgehead atoms. The molecule has 11 atom stereocenters. The molecular formula is C36H53N3O4S. The van der Waals surface area contributed by atoms with Crippen molar-refractivity contribution in [3.63, 3.8) is 0 Å². The van der Waals surface area contributed by atoms with E-state index in [2.05, 4.69) is 42.6 Å². The summed E-state index contributed by atoms with van der Waals surface area (Å²) < 4.78 is 34.1. The number of para-hydroxylation sites is 1. The van der Waals surface area contributed by atoms with Gasteiger partial charge in [0, 0.05) is 24.2 Å². The van der Waals surface area contributed by atoms with Crippen molar-refractivity contribution >= 4 is 21.7 Å². The fourth-order valence-corrected chi connectivity index (χ4v) is 12.1. The number of urea groups is 1. The zero-order valence-electron chi connectivity index (χ0n) is 27.3. The Kier molecular flexibility index (Phi) is 7.77. The van der Waals surface area contributed by atoms with Gasteiger partial charge in [-0.05, 0) is 111 Å². The Bertz CT molecular complexity index is 1410. The Balaban J connectivity index is 1.07. The van der Waals surface area contributed by atoms with Gasteiger partial charge < -0.3 is 15.0 Å². The molecule has 1 aromatic rings. The van der Waals surface area contributed by atoms with Gasteiger partial charge in [0.1, 0.15) is 0 Å². The first kappa shape index (κ1) is 30.7. The number of carbonyl (C=O) groups is 1. The van der Waals surface area contributed by atoms with Crippen LogP contribution in [0.1, 0.15) is 91.9 Å². The molecule has 7 rings (SSSR count). The minimum Gasteiger partial charge on any atom is -0.369 e.